The first-order valence-corrected chi connectivity index (χ1v) is 12.2. The summed E-state index contributed by atoms with van der Waals surface area (Å²) in [5.41, 5.74) is 3.80. The summed E-state index contributed by atoms with van der Waals surface area (Å²) in [6.07, 6.45) is 2.54. The van der Waals surface area contributed by atoms with Crippen LogP contribution in [0.25, 0.3) is 0 Å². The maximum absolute atomic E-state index is 12.9. The second-order valence-electron chi connectivity index (χ2n) is 9.19. The van der Waals surface area contributed by atoms with Crippen LogP contribution in [0.3, 0.4) is 0 Å². The van der Waals surface area contributed by atoms with Crippen molar-refractivity contribution in [1.82, 2.24) is 9.80 Å². The summed E-state index contributed by atoms with van der Waals surface area (Å²) in [5.74, 6) is -0.318. The Labute approximate surface area is 206 Å². The number of carbonyl (C=O) groups is 4. The molecule has 2 aromatic rings. The van der Waals surface area contributed by atoms with Gasteiger partial charge in [0.25, 0.3) is 0 Å². The minimum atomic E-state index is -0.291. The molecule has 0 bridgehead atoms. The Morgan fingerprint density at radius 1 is 0.571 bits per heavy atom. The summed E-state index contributed by atoms with van der Waals surface area (Å²) in [7, 11) is 0. The van der Waals surface area contributed by atoms with E-state index in [-0.39, 0.29) is 23.9 Å². The molecule has 0 N–H and O–H groups in total. The van der Waals surface area contributed by atoms with Crippen LogP contribution in [-0.2, 0) is 9.59 Å². The van der Waals surface area contributed by atoms with Gasteiger partial charge >= 0.3 is 12.1 Å². The van der Waals surface area contributed by atoms with Gasteiger partial charge in [0.1, 0.15) is 0 Å². The Bertz CT molecular complexity index is 1010. The van der Waals surface area contributed by atoms with Crippen LogP contribution in [0.2, 0.25) is 0 Å². The Morgan fingerprint density at radius 3 is 1.31 bits per heavy atom. The molecule has 2 saturated heterocycles. The van der Waals surface area contributed by atoms with Crippen molar-refractivity contribution in [3.05, 3.63) is 59.7 Å². The van der Waals surface area contributed by atoms with E-state index in [9.17, 15) is 19.2 Å². The van der Waals surface area contributed by atoms with Gasteiger partial charge in [0.2, 0.25) is 11.8 Å². The van der Waals surface area contributed by atoms with Crippen molar-refractivity contribution < 1.29 is 19.2 Å². The quantitative estimate of drug-likeness (QED) is 0.526. The summed E-state index contributed by atoms with van der Waals surface area (Å²) in [4.78, 5) is 56.6. The third kappa shape index (κ3) is 5.53. The molecule has 184 valence electrons. The smallest absolute Gasteiger partial charge is 0.293 e. The second-order valence-corrected chi connectivity index (χ2v) is 9.19. The first kappa shape index (κ1) is 24.4. The number of imide groups is 2. The molecule has 0 aromatic heterocycles. The Balaban J connectivity index is 1.27. The summed E-state index contributed by atoms with van der Waals surface area (Å²) >= 11 is 0. The molecule has 0 atom stereocenters. The van der Waals surface area contributed by atoms with E-state index in [1.165, 1.54) is 9.80 Å². The molecule has 35 heavy (non-hydrogen) atoms. The standard InChI is InChI=1S/C27H32N4O4/c1-20-6-10-22(11-7-20)28-18-14-24(32)30(26(28)34)16-4-3-5-17-31-25(33)15-19-29(27(31)35)23-12-8-21(2)9-13-23/h6-13H,3-5,14-19H2,1-2H3. The first-order valence-electron chi connectivity index (χ1n) is 12.2. The van der Waals surface area contributed by atoms with Gasteiger partial charge in [-0.05, 0) is 57.4 Å². The Kier molecular flexibility index (Phi) is 7.48. The molecule has 2 heterocycles. The number of amides is 6. The first-order chi connectivity index (χ1) is 16.8. The van der Waals surface area contributed by atoms with Gasteiger partial charge in [0.05, 0.1) is 0 Å². The summed E-state index contributed by atoms with van der Waals surface area (Å²) in [6, 6.07) is 14.8. The highest BCUT2D eigenvalue weighted by atomic mass is 16.2. The summed E-state index contributed by atoms with van der Waals surface area (Å²) in [5, 5.41) is 0. The molecule has 0 unspecified atom stereocenters. The van der Waals surface area contributed by atoms with Crippen LogP contribution in [0, 0.1) is 13.8 Å². The molecule has 2 fully saturated rings. The number of carbonyl (C=O) groups excluding carboxylic acids is 4. The van der Waals surface area contributed by atoms with Crippen molar-refractivity contribution in [3.8, 4) is 0 Å². The average Bonchev–Trinajstić information content (AvgIpc) is 2.84. The number of unbranched alkanes of at least 4 members (excludes halogenated alkanes) is 2. The highest BCUT2D eigenvalue weighted by Gasteiger charge is 2.33. The fourth-order valence-electron chi connectivity index (χ4n) is 4.47. The van der Waals surface area contributed by atoms with E-state index in [1.807, 2.05) is 62.4 Å². The zero-order chi connectivity index (χ0) is 24.9. The number of benzene rings is 2. The number of anilines is 2. The van der Waals surface area contributed by atoms with E-state index >= 15 is 0 Å². The zero-order valence-electron chi connectivity index (χ0n) is 20.4. The average molecular weight is 477 g/mol. The third-order valence-corrected chi connectivity index (χ3v) is 6.58. The monoisotopic (exact) mass is 476 g/mol. The van der Waals surface area contributed by atoms with Crippen LogP contribution < -0.4 is 9.80 Å². The number of hydrogen-bond donors (Lipinski definition) is 0. The molecular formula is C27H32N4O4. The van der Waals surface area contributed by atoms with Crippen molar-refractivity contribution >= 4 is 35.3 Å². The van der Waals surface area contributed by atoms with E-state index in [4.69, 9.17) is 0 Å². The largest absolute Gasteiger partial charge is 0.331 e. The highest BCUT2D eigenvalue weighted by Crippen LogP contribution is 2.23. The molecule has 0 saturated carbocycles. The van der Waals surface area contributed by atoms with Crippen LogP contribution in [0.5, 0.6) is 0 Å². The SMILES string of the molecule is Cc1ccc(N2CCC(=O)N(CCCCCN3C(=O)CCN(c4ccc(C)cc4)C3=O)C2=O)cc1. The molecule has 0 radical (unpaired) electrons. The van der Waals surface area contributed by atoms with Crippen molar-refractivity contribution in [2.24, 2.45) is 0 Å². The lowest BCUT2D eigenvalue weighted by atomic mass is 10.1. The van der Waals surface area contributed by atoms with E-state index in [0.29, 0.717) is 58.3 Å². The minimum Gasteiger partial charge on any atom is -0.293 e. The minimum absolute atomic E-state index is 0.159. The van der Waals surface area contributed by atoms with Crippen molar-refractivity contribution in [1.29, 1.82) is 0 Å². The third-order valence-electron chi connectivity index (χ3n) is 6.58. The Morgan fingerprint density at radius 2 is 0.943 bits per heavy atom. The second kappa shape index (κ2) is 10.7. The number of aryl methyl sites for hydroxylation is 2. The van der Waals surface area contributed by atoms with Gasteiger partial charge in [-0.2, -0.15) is 0 Å². The van der Waals surface area contributed by atoms with Gasteiger partial charge in [0, 0.05) is 50.4 Å². The van der Waals surface area contributed by atoms with Crippen molar-refractivity contribution in [2.45, 2.75) is 46.0 Å². The molecule has 8 nitrogen and oxygen atoms in total. The van der Waals surface area contributed by atoms with E-state index in [2.05, 4.69) is 0 Å². The highest BCUT2D eigenvalue weighted by molar-refractivity contribution is 6.06. The van der Waals surface area contributed by atoms with Gasteiger partial charge in [-0.25, -0.2) is 9.59 Å². The van der Waals surface area contributed by atoms with Crippen molar-refractivity contribution in [3.63, 3.8) is 0 Å². The molecule has 6 amide bonds. The molecule has 4 rings (SSSR count). The maximum Gasteiger partial charge on any atom is 0.331 e. The molecule has 0 spiro atoms. The lowest BCUT2D eigenvalue weighted by Crippen LogP contribution is -2.53. The predicted molar refractivity (Wildman–Crippen MR) is 134 cm³/mol. The van der Waals surface area contributed by atoms with Gasteiger partial charge in [-0.15, -0.1) is 0 Å². The molecule has 2 aliphatic rings. The van der Waals surface area contributed by atoms with E-state index < -0.39 is 0 Å². The van der Waals surface area contributed by atoms with Crippen molar-refractivity contribution in [2.75, 3.05) is 36.0 Å². The molecule has 2 aromatic carbocycles. The van der Waals surface area contributed by atoms with Gasteiger partial charge in [0.15, 0.2) is 0 Å². The van der Waals surface area contributed by atoms with Crippen LogP contribution in [-0.4, -0.2) is 59.9 Å². The van der Waals surface area contributed by atoms with E-state index in [1.54, 1.807) is 9.80 Å². The molecule has 2 aliphatic heterocycles. The zero-order valence-corrected chi connectivity index (χ0v) is 20.4. The topological polar surface area (TPSA) is 81.2 Å². The van der Waals surface area contributed by atoms with Crippen LogP contribution in [0.1, 0.15) is 43.2 Å². The fraction of sp³-hybridized carbons (Fsp3) is 0.407. The number of hydrogen-bond acceptors (Lipinski definition) is 4. The van der Waals surface area contributed by atoms with Crippen LogP contribution in [0.4, 0.5) is 21.0 Å². The molecular weight excluding hydrogens is 444 g/mol. The van der Waals surface area contributed by atoms with Crippen LogP contribution in [0.15, 0.2) is 48.5 Å². The predicted octanol–water partition coefficient (Wildman–Crippen LogP) is 4.49. The molecule has 8 heteroatoms. The van der Waals surface area contributed by atoms with Gasteiger partial charge in [-0.3, -0.25) is 29.2 Å². The van der Waals surface area contributed by atoms with Gasteiger partial charge in [-0.1, -0.05) is 35.4 Å². The van der Waals surface area contributed by atoms with Gasteiger partial charge < -0.3 is 0 Å². The molecule has 0 aliphatic carbocycles. The van der Waals surface area contributed by atoms with Crippen LogP contribution >= 0.6 is 0 Å². The summed E-state index contributed by atoms with van der Waals surface area (Å²) in [6.45, 7) is 5.40. The Hall–Kier alpha value is -3.68. The number of urea groups is 2. The number of nitrogens with zero attached hydrogens (tertiary/aromatic N) is 4. The maximum atomic E-state index is 12.9. The lowest BCUT2D eigenvalue weighted by molar-refractivity contribution is -0.129. The number of rotatable bonds is 8. The summed E-state index contributed by atoms with van der Waals surface area (Å²) < 4.78 is 0. The lowest BCUT2D eigenvalue weighted by Gasteiger charge is -2.35. The van der Waals surface area contributed by atoms with E-state index in [0.717, 1.165) is 22.5 Å². The normalized spacial score (nSPS) is 17.0. The fourth-order valence-corrected chi connectivity index (χ4v) is 4.47.